The molecule has 0 amide bonds. The van der Waals surface area contributed by atoms with Crippen LogP contribution in [0.5, 0.6) is 0 Å². The second kappa shape index (κ2) is 5.65. The summed E-state index contributed by atoms with van der Waals surface area (Å²) in [5.74, 6) is -33.4. The Bertz CT molecular complexity index is 480. The van der Waals surface area contributed by atoms with Crippen molar-refractivity contribution in [1.29, 1.82) is 0 Å². The lowest BCUT2D eigenvalue weighted by atomic mass is 9.83. The molecule has 0 saturated carbocycles. The van der Waals surface area contributed by atoms with Gasteiger partial charge in [0.05, 0.1) is 0 Å². The Kier molecular flexibility index (Phi) is 5.38. The van der Waals surface area contributed by atoms with Crippen molar-refractivity contribution in [2.24, 2.45) is 0 Å². The molecule has 0 heterocycles. The molecular weight excluding hydrogens is 419 g/mol. The summed E-state index contributed by atoms with van der Waals surface area (Å²) in [7, 11) is 0. The zero-order valence-electron chi connectivity index (χ0n) is 10.4. The van der Waals surface area contributed by atoms with Crippen molar-refractivity contribution in [2.45, 2.75) is 41.7 Å². The summed E-state index contributed by atoms with van der Waals surface area (Å²) in [6, 6.07) is 0. The highest BCUT2D eigenvalue weighted by atomic mass is 19.4. The van der Waals surface area contributed by atoms with Gasteiger partial charge in [0.15, 0.2) is 0 Å². The predicted octanol–water partition coefficient (Wildman–Crippen LogP) is 5.79. The molecule has 0 aliphatic carbocycles. The molecule has 25 heavy (non-hydrogen) atoms. The van der Waals surface area contributed by atoms with Gasteiger partial charge in [-0.15, -0.1) is 0 Å². The van der Waals surface area contributed by atoms with Crippen molar-refractivity contribution in [3.63, 3.8) is 0 Å². The summed E-state index contributed by atoms with van der Waals surface area (Å²) >= 11 is 0. The quantitative estimate of drug-likeness (QED) is 0.495. The zero-order chi connectivity index (χ0) is 21.1. The topological polar surface area (TPSA) is 0 Å². The third-order valence-corrected chi connectivity index (χ3v) is 2.63. The van der Waals surface area contributed by atoms with Gasteiger partial charge >= 0.3 is 48.1 Å². The second-order valence-corrected chi connectivity index (χ2v) is 4.21. The first-order valence-electron chi connectivity index (χ1n) is 4.96. The molecule has 17 heteroatoms. The summed E-state index contributed by atoms with van der Waals surface area (Å²) in [5, 5.41) is 0. The maximum atomic E-state index is 13.2. The largest absolute Gasteiger partial charge is 0.460 e. The minimum Gasteiger partial charge on any atom is -0.223 e. The number of rotatable bonds is 5. The molecular formula is C8F17. The highest BCUT2D eigenvalue weighted by Gasteiger charge is 2.95. The van der Waals surface area contributed by atoms with Gasteiger partial charge in [-0.05, 0) is 0 Å². The van der Waals surface area contributed by atoms with E-state index in [1.165, 1.54) is 0 Å². The van der Waals surface area contributed by atoms with Gasteiger partial charge in [0.2, 0.25) is 0 Å². The first-order valence-corrected chi connectivity index (χ1v) is 4.96. The van der Waals surface area contributed by atoms with Crippen LogP contribution in [0.25, 0.3) is 0 Å². The van der Waals surface area contributed by atoms with Gasteiger partial charge in [-0.1, -0.05) is 0 Å². The fourth-order valence-corrected chi connectivity index (χ4v) is 1.22. The monoisotopic (exact) mass is 419 g/mol. The average Bonchev–Trinajstić information content (AvgIpc) is 2.33. The van der Waals surface area contributed by atoms with Crippen LogP contribution in [-0.2, 0) is 0 Å². The van der Waals surface area contributed by atoms with Crippen LogP contribution in [0, 0.1) is 6.43 Å². The second-order valence-electron chi connectivity index (χ2n) is 4.21. The molecule has 0 spiro atoms. The third-order valence-electron chi connectivity index (χ3n) is 2.63. The zero-order valence-corrected chi connectivity index (χ0v) is 10.4. The minimum absolute atomic E-state index is 5.52. The maximum absolute atomic E-state index is 13.2. The van der Waals surface area contributed by atoms with Crippen molar-refractivity contribution in [1.82, 2.24) is 0 Å². The van der Waals surface area contributed by atoms with Crippen molar-refractivity contribution in [3.05, 3.63) is 6.43 Å². The summed E-state index contributed by atoms with van der Waals surface area (Å²) in [6.45, 7) is 0. The standard InChI is InChI=1S/C8F17/c9-1(10)2(11,4(14,15)7(20,21)22)3(12,13)5(16,17)6(18,19)8(23,24)25. The SMILES string of the molecule is F[C](F)C(F)(C(F)(F)C(F)(F)F)C(F)(F)C(F)(F)C(F)(F)C(F)(F)F. The van der Waals surface area contributed by atoms with Crippen LogP contribution in [0.15, 0.2) is 0 Å². The van der Waals surface area contributed by atoms with E-state index >= 15 is 0 Å². The van der Waals surface area contributed by atoms with Crippen molar-refractivity contribution < 1.29 is 74.6 Å². The molecule has 0 nitrogen and oxygen atoms in total. The van der Waals surface area contributed by atoms with Crippen LogP contribution in [0.2, 0.25) is 0 Å². The van der Waals surface area contributed by atoms with Gasteiger partial charge in [-0.25, -0.2) is 4.39 Å². The van der Waals surface area contributed by atoms with E-state index in [2.05, 4.69) is 0 Å². The van der Waals surface area contributed by atoms with E-state index in [0.29, 0.717) is 0 Å². The molecule has 151 valence electrons. The summed E-state index contributed by atoms with van der Waals surface area (Å²) in [4.78, 5) is 0. The molecule has 1 radical (unpaired) electrons. The van der Waals surface area contributed by atoms with E-state index in [1.54, 1.807) is 0 Å². The molecule has 1 atom stereocenters. The molecule has 0 aliphatic heterocycles. The van der Waals surface area contributed by atoms with Gasteiger partial charge in [0.25, 0.3) is 0 Å². The lowest BCUT2D eigenvalue weighted by Crippen LogP contribution is -2.74. The van der Waals surface area contributed by atoms with Crippen LogP contribution in [-0.4, -0.2) is 41.7 Å². The lowest BCUT2D eigenvalue weighted by molar-refractivity contribution is -0.442. The van der Waals surface area contributed by atoms with E-state index in [9.17, 15) is 74.6 Å². The molecule has 0 N–H and O–H groups in total. The Morgan fingerprint density at radius 3 is 0.840 bits per heavy atom. The fourth-order valence-electron chi connectivity index (χ4n) is 1.22. The normalized spacial score (nSPS) is 18.5. The average molecular weight is 419 g/mol. The number of halogens is 17. The molecule has 0 fully saturated rings. The van der Waals surface area contributed by atoms with Crippen LogP contribution in [0.3, 0.4) is 0 Å². The summed E-state index contributed by atoms with van der Waals surface area (Å²) < 4.78 is 209. The molecule has 1 unspecified atom stereocenters. The number of hydrogen-bond acceptors (Lipinski definition) is 0. The molecule has 0 aromatic rings. The lowest BCUT2D eigenvalue weighted by Gasteiger charge is -2.42. The molecule has 0 aromatic heterocycles. The summed E-state index contributed by atoms with van der Waals surface area (Å²) in [6.07, 6.45) is -21.1. The van der Waals surface area contributed by atoms with Crippen LogP contribution < -0.4 is 0 Å². The fraction of sp³-hybridized carbons (Fsp3) is 0.875. The van der Waals surface area contributed by atoms with Gasteiger partial charge in [0.1, 0.15) is 0 Å². The third kappa shape index (κ3) is 2.86. The molecule has 0 saturated heterocycles. The van der Waals surface area contributed by atoms with E-state index < -0.39 is 48.1 Å². The number of alkyl halides is 15. The van der Waals surface area contributed by atoms with Gasteiger partial charge in [-0.3, -0.25) is 0 Å². The highest BCUT2D eigenvalue weighted by molar-refractivity contribution is 5.21. The van der Waals surface area contributed by atoms with Crippen molar-refractivity contribution >= 4 is 0 Å². The minimum atomic E-state index is -8.57. The molecule has 0 aliphatic rings. The first-order chi connectivity index (χ1) is 10.4. The van der Waals surface area contributed by atoms with Crippen LogP contribution in [0.4, 0.5) is 74.6 Å². The smallest absolute Gasteiger partial charge is 0.223 e. The van der Waals surface area contributed by atoms with Gasteiger partial charge in [-0.2, -0.15) is 70.2 Å². The Morgan fingerprint density at radius 2 is 0.640 bits per heavy atom. The van der Waals surface area contributed by atoms with Crippen LogP contribution in [0.1, 0.15) is 0 Å². The molecule has 0 bridgehead atoms. The molecule has 0 rings (SSSR count). The highest BCUT2D eigenvalue weighted by Crippen LogP contribution is 2.64. The number of hydrogen-bond donors (Lipinski definition) is 0. The van der Waals surface area contributed by atoms with E-state index in [1.807, 2.05) is 0 Å². The van der Waals surface area contributed by atoms with E-state index in [4.69, 9.17) is 0 Å². The van der Waals surface area contributed by atoms with Gasteiger partial charge < -0.3 is 0 Å². The Balaban J connectivity index is 6.79. The Hall–Kier alpha value is -1.19. The first kappa shape index (κ1) is 23.8. The Labute approximate surface area is 124 Å². The molecule has 0 aromatic carbocycles. The predicted molar refractivity (Wildman–Crippen MR) is 41.2 cm³/mol. The summed E-state index contributed by atoms with van der Waals surface area (Å²) in [5.41, 5.74) is -8.25. The van der Waals surface area contributed by atoms with E-state index in [-0.39, 0.29) is 0 Å². The Morgan fingerprint density at radius 1 is 0.360 bits per heavy atom. The van der Waals surface area contributed by atoms with E-state index in [0.717, 1.165) is 0 Å². The maximum Gasteiger partial charge on any atom is 0.460 e. The van der Waals surface area contributed by atoms with Crippen LogP contribution >= 0.6 is 0 Å². The van der Waals surface area contributed by atoms with Crippen molar-refractivity contribution in [2.75, 3.05) is 0 Å². The van der Waals surface area contributed by atoms with Crippen molar-refractivity contribution in [3.8, 4) is 0 Å². The van der Waals surface area contributed by atoms with Gasteiger partial charge in [0, 0.05) is 0 Å².